The minimum absolute atomic E-state index is 0.236. The van der Waals surface area contributed by atoms with Crippen LogP contribution < -0.4 is 10.1 Å². The maximum absolute atomic E-state index is 12.8. The second-order valence-corrected chi connectivity index (χ2v) is 8.73. The number of carbonyl (C=O) groups is 1. The van der Waals surface area contributed by atoms with E-state index in [4.69, 9.17) is 39.5 Å². The van der Waals surface area contributed by atoms with E-state index in [1.54, 1.807) is 16.9 Å². The number of aryl methyl sites for hydroxylation is 1. The highest BCUT2D eigenvalue weighted by Gasteiger charge is 2.16. The standard InChI is InChI=1S/C24H21Cl3N4O2/c1-3-4-5-14-6-8-16(9-7-14)31-29-21-12-17(25)20(13-22(21)30-31)28-24(32)15-10-18(26)23(33-2)19(27)11-15/h6-13H,3-5H2,1-2H3,(H,28,32). The smallest absolute Gasteiger partial charge is 0.255 e. The van der Waals surface area contributed by atoms with E-state index in [1.165, 1.54) is 24.8 Å². The Labute approximate surface area is 206 Å². The average Bonchev–Trinajstić information content (AvgIpc) is 3.20. The van der Waals surface area contributed by atoms with Gasteiger partial charge in [0.2, 0.25) is 0 Å². The van der Waals surface area contributed by atoms with Gasteiger partial charge in [-0.3, -0.25) is 4.79 Å². The van der Waals surface area contributed by atoms with Crippen LogP contribution in [0.5, 0.6) is 5.75 Å². The quantitative estimate of drug-likeness (QED) is 0.295. The maximum atomic E-state index is 12.8. The van der Waals surface area contributed by atoms with Crippen LogP contribution in [0, 0.1) is 0 Å². The highest BCUT2D eigenvalue weighted by molar-refractivity contribution is 6.38. The summed E-state index contributed by atoms with van der Waals surface area (Å²) in [6.07, 6.45) is 3.37. The first-order valence-corrected chi connectivity index (χ1v) is 11.5. The Kier molecular flexibility index (Phi) is 7.08. The number of aromatic nitrogens is 3. The molecule has 1 N–H and O–H groups in total. The van der Waals surface area contributed by atoms with E-state index in [0.717, 1.165) is 24.9 Å². The Morgan fingerprint density at radius 1 is 0.970 bits per heavy atom. The van der Waals surface area contributed by atoms with Crippen LogP contribution in [-0.2, 0) is 6.42 Å². The lowest BCUT2D eigenvalue weighted by atomic mass is 10.1. The second kappa shape index (κ2) is 10.00. The number of nitrogens with zero attached hydrogens (tertiary/aromatic N) is 3. The molecule has 3 aromatic carbocycles. The minimum Gasteiger partial charge on any atom is -0.494 e. The molecule has 4 rings (SSSR count). The molecule has 0 bridgehead atoms. The van der Waals surface area contributed by atoms with Gasteiger partial charge in [-0.1, -0.05) is 60.3 Å². The van der Waals surface area contributed by atoms with Crippen LogP contribution >= 0.6 is 34.8 Å². The van der Waals surface area contributed by atoms with Gasteiger partial charge in [0.15, 0.2) is 5.75 Å². The lowest BCUT2D eigenvalue weighted by Gasteiger charge is -2.10. The summed E-state index contributed by atoms with van der Waals surface area (Å²) in [5.41, 5.74) is 4.01. The molecule has 0 saturated carbocycles. The summed E-state index contributed by atoms with van der Waals surface area (Å²) < 4.78 is 5.12. The fraction of sp³-hybridized carbons (Fsp3) is 0.208. The number of unbranched alkanes of at least 4 members (excludes halogenated alkanes) is 1. The van der Waals surface area contributed by atoms with Gasteiger partial charge in [-0.15, -0.1) is 10.2 Å². The first-order valence-electron chi connectivity index (χ1n) is 10.4. The number of hydrogen-bond acceptors (Lipinski definition) is 4. The van der Waals surface area contributed by atoms with Crippen molar-refractivity contribution in [1.29, 1.82) is 0 Å². The fourth-order valence-corrected chi connectivity index (χ4v) is 4.25. The van der Waals surface area contributed by atoms with E-state index >= 15 is 0 Å². The third-order valence-corrected chi connectivity index (χ3v) is 6.04. The van der Waals surface area contributed by atoms with Crippen LogP contribution in [0.1, 0.15) is 35.7 Å². The third-order valence-electron chi connectivity index (χ3n) is 5.17. The first-order chi connectivity index (χ1) is 15.9. The summed E-state index contributed by atoms with van der Waals surface area (Å²) in [4.78, 5) is 14.3. The molecule has 6 nitrogen and oxygen atoms in total. The third kappa shape index (κ3) is 5.08. The number of rotatable bonds is 7. The summed E-state index contributed by atoms with van der Waals surface area (Å²) in [6, 6.07) is 14.5. The predicted octanol–water partition coefficient (Wildman–Crippen LogP) is 6.98. The molecule has 0 aliphatic rings. The Balaban J connectivity index is 1.58. The average molecular weight is 504 g/mol. The molecule has 0 spiro atoms. The number of nitrogens with one attached hydrogen (secondary N) is 1. The Morgan fingerprint density at radius 3 is 2.21 bits per heavy atom. The van der Waals surface area contributed by atoms with Crippen molar-refractivity contribution in [3.8, 4) is 11.4 Å². The largest absolute Gasteiger partial charge is 0.494 e. The molecule has 0 unspecified atom stereocenters. The number of methoxy groups -OCH3 is 1. The number of benzene rings is 3. The zero-order chi connectivity index (χ0) is 23.5. The number of hydrogen-bond donors (Lipinski definition) is 1. The summed E-state index contributed by atoms with van der Waals surface area (Å²) >= 11 is 18.7. The molecule has 0 aliphatic carbocycles. The molecular weight excluding hydrogens is 483 g/mol. The number of halogens is 3. The van der Waals surface area contributed by atoms with E-state index in [1.807, 2.05) is 12.1 Å². The summed E-state index contributed by atoms with van der Waals surface area (Å²) in [5, 5.41) is 12.7. The van der Waals surface area contributed by atoms with Crippen LogP contribution in [0.3, 0.4) is 0 Å². The molecule has 4 aromatic rings. The Bertz CT molecular complexity index is 1300. The Morgan fingerprint density at radius 2 is 1.61 bits per heavy atom. The van der Waals surface area contributed by atoms with Gasteiger partial charge in [0.05, 0.1) is 33.6 Å². The molecule has 1 heterocycles. The second-order valence-electron chi connectivity index (χ2n) is 7.51. The zero-order valence-electron chi connectivity index (χ0n) is 18.0. The molecule has 0 radical (unpaired) electrons. The summed E-state index contributed by atoms with van der Waals surface area (Å²) in [6.45, 7) is 2.18. The number of ether oxygens (including phenoxy) is 1. The van der Waals surface area contributed by atoms with Crippen LogP contribution in [0.15, 0.2) is 48.5 Å². The van der Waals surface area contributed by atoms with E-state index in [0.29, 0.717) is 27.5 Å². The highest BCUT2D eigenvalue weighted by atomic mass is 35.5. The molecule has 0 atom stereocenters. The molecule has 9 heteroatoms. The van der Waals surface area contributed by atoms with Gasteiger partial charge in [0, 0.05) is 5.56 Å². The zero-order valence-corrected chi connectivity index (χ0v) is 20.3. The molecule has 0 fully saturated rings. The Hall–Kier alpha value is -2.80. The van der Waals surface area contributed by atoms with E-state index in [-0.39, 0.29) is 15.6 Å². The van der Waals surface area contributed by atoms with Crippen LogP contribution in [0.25, 0.3) is 16.7 Å². The molecule has 0 saturated heterocycles. The van der Waals surface area contributed by atoms with Crippen molar-refractivity contribution in [2.75, 3.05) is 12.4 Å². The van der Waals surface area contributed by atoms with Crippen molar-refractivity contribution in [2.45, 2.75) is 26.2 Å². The van der Waals surface area contributed by atoms with Crippen LogP contribution in [0.2, 0.25) is 15.1 Å². The van der Waals surface area contributed by atoms with Crippen molar-refractivity contribution in [2.24, 2.45) is 0 Å². The first kappa shape index (κ1) is 23.4. The lowest BCUT2D eigenvalue weighted by Crippen LogP contribution is -2.12. The van der Waals surface area contributed by atoms with Crippen molar-refractivity contribution in [1.82, 2.24) is 15.0 Å². The lowest BCUT2D eigenvalue weighted by molar-refractivity contribution is 0.102. The topological polar surface area (TPSA) is 69.0 Å². The number of amides is 1. The normalized spacial score (nSPS) is 11.1. The van der Waals surface area contributed by atoms with Gasteiger partial charge in [0.25, 0.3) is 5.91 Å². The van der Waals surface area contributed by atoms with Crippen LogP contribution in [-0.4, -0.2) is 28.0 Å². The van der Waals surface area contributed by atoms with Gasteiger partial charge in [-0.05, 0) is 54.8 Å². The molecule has 33 heavy (non-hydrogen) atoms. The number of anilines is 1. The molecule has 170 valence electrons. The van der Waals surface area contributed by atoms with Crippen molar-refractivity contribution in [3.63, 3.8) is 0 Å². The van der Waals surface area contributed by atoms with Crippen LogP contribution in [0.4, 0.5) is 5.69 Å². The van der Waals surface area contributed by atoms with E-state index in [2.05, 4.69) is 34.6 Å². The molecule has 1 amide bonds. The number of fused-ring (bicyclic) bond motifs is 1. The summed E-state index contributed by atoms with van der Waals surface area (Å²) in [5.74, 6) is -0.109. The molecule has 1 aromatic heterocycles. The fourth-order valence-electron chi connectivity index (χ4n) is 3.41. The van der Waals surface area contributed by atoms with Crippen molar-refractivity contribution >= 4 is 57.4 Å². The highest BCUT2D eigenvalue weighted by Crippen LogP contribution is 2.34. The van der Waals surface area contributed by atoms with Crippen molar-refractivity contribution in [3.05, 3.63) is 74.7 Å². The molecular formula is C24H21Cl3N4O2. The maximum Gasteiger partial charge on any atom is 0.255 e. The van der Waals surface area contributed by atoms with E-state index < -0.39 is 5.91 Å². The monoisotopic (exact) mass is 502 g/mol. The molecule has 0 aliphatic heterocycles. The van der Waals surface area contributed by atoms with Gasteiger partial charge in [-0.25, -0.2) is 0 Å². The summed E-state index contributed by atoms with van der Waals surface area (Å²) in [7, 11) is 1.45. The number of carbonyl (C=O) groups excluding carboxylic acids is 1. The van der Waals surface area contributed by atoms with Crippen molar-refractivity contribution < 1.29 is 9.53 Å². The van der Waals surface area contributed by atoms with Gasteiger partial charge in [-0.2, -0.15) is 4.80 Å². The van der Waals surface area contributed by atoms with Gasteiger partial charge in [0.1, 0.15) is 11.0 Å². The SMILES string of the molecule is CCCCc1ccc(-n2nc3cc(Cl)c(NC(=O)c4cc(Cl)c(OC)c(Cl)c4)cc3n2)cc1. The van der Waals surface area contributed by atoms with E-state index in [9.17, 15) is 4.79 Å². The van der Waals surface area contributed by atoms with Gasteiger partial charge < -0.3 is 10.1 Å². The minimum atomic E-state index is -0.419. The predicted molar refractivity (Wildman–Crippen MR) is 133 cm³/mol. The van der Waals surface area contributed by atoms with Gasteiger partial charge >= 0.3 is 0 Å².